The van der Waals surface area contributed by atoms with E-state index in [-0.39, 0.29) is 24.3 Å². The average Bonchev–Trinajstić information content (AvgIpc) is 3.34. The average molecular weight is 345 g/mol. The number of carbonyl (C=O) groups excluding carboxylic acids is 3. The molecule has 1 aromatic rings. The fourth-order valence-electron chi connectivity index (χ4n) is 3.18. The molecule has 3 rings (SSSR count). The van der Waals surface area contributed by atoms with Gasteiger partial charge in [-0.3, -0.25) is 14.4 Å². The van der Waals surface area contributed by atoms with Gasteiger partial charge in [0.25, 0.3) is 0 Å². The van der Waals surface area contributed by atoms with E-state index in [1.54, 1.807) is 12.0 Å². The first-order valence-electron chi connectivity index (χ1n) is 8.46. The van der Waals surface area contributed by atoms with Gasteiger partial charge in [-0.25, -0.2) is 0 Å². The Balaban J connectivity index is 1.50. The van der Waals surface area contributed by atoms with Crippen LogP contribution in [0.1, 0.15) is 24.8 Å². The highest BCUT2D eigenvalue weighted by atomic mass is 16.5. The quantitative estimate of drug-likeness (QED) is 0.690. The Hall–Kier alpha value is -2.57. The van der Waals surface area contributed by atoms with Crippen molar-refractivity contribution in [2.45, 2.75) is 31.7 Å². The second kappa shape index (κ2) is 6.74. The molecule has 3 amide bonds. The topological polar surface area (TPSA) is 102 Å². The number of methoxy groups -OCH3 is 1. The summed E-state index contributed by atoms with van der Waals surface area (Å²) in [7, 11) is 1.62. The van der Waals surface area contributed by atoms with E-state index in [2.05, 4.69) is 5.32 Å². The number of primary amides is 1. The van der Waals surface area contributed by atoms with Crippen molar-refractivity contribution in [2.75, 3.05) is 20.2 Å². The van der Waals surface area contributed by atoms with Crippen molar-refractivity contribution in [3.63, 3.8) is 0 Å². The molecule has 134 valence electrons. The van der Waals surface area contributed by atoms with Gasteiger partial charge in [-0.05, 0) is 37.0 Å². The minimum absolute atomic E-state index is 0.0164. The molecule has 0 spiro atoms. The van der Waals surface area contributed by atoms with Gasteiger partial charge in [0.15, 0.2) is 0 Å². The Kier molecular flexibility index (Phi) is 4.65. The molecule has 1 saturated heterocycles. The minimum Gasteiger partial charge on any atom is -0.497 e. The SMILES string of the molecule is COc1ccc(CCN2C[C@H](NC(=O)C3(C(N)=O)CC3)CC2=O)cc1. The summed E-state index contributed by atoms with van der Waals surface area (Å²) in [6.07, 6.45) is 2.00. The highest BCUT2D eigenvalue weighted by molar-refractivity contribution is 6.07. The van der Waals surface area contributed by atoms with E-state index in [9.17, 15) is 14.4 Å². The van der Waals surface area contributed by atoms with Gasteiger partial charge in [0.1, 0.15) is 11.2 Å². The van der Waals surface area contributed by atoms with Crippen LogP contribution in [0.5, 0.6) is 5.75 Å². The summed E-state index contributed by atoms with van der Waals surface area (Å²) in [6, 6.07) is 7.48. The summed E-state index contributed by atoms with van der Waals surface area (Å²) in [6.45, 7) is 1.06. The number of nitrogens with one attached hydrogen (secondary N) is 1. The molecule has 0 unspecified atom stereocenters. The standard InChI is InChI=1S/C18H23N3O4/c1-25-14-4-2-12(3-5-14)6-9-21-11-13(10-15(21)22)20-17(24)18(7-8-18)16(19)23/h2-5,13H,6-11H2,1H3,(H2,19,23)(H,20,24)/t13-/m1/s1. The molecule has 7 heteroatoms. The zero-order valence-corrected chi connectivity index (χ0v) is 14.3. The lowest BCUT2D eigenvalue weighted by atomic mass is 10.1. The molecule has 1 atom stereocenters. The number of nitrogens with zero attached hydrogens (tertiary/aromatic N) is 1. The maximum absolute atomic E-state index is 12.2. The van der Waals surface area contributed by atoms with Crippen LogP contribution in [0.4, 0.5) is 0 Å². The van der Waals surface area contributed by atoms with E-state index >= 15 is 0 Å². The lowest BCUT2D eigenvalue weighted by Crippen LogP contribution is -2.45. The highest BCUT2D eigenvalue weighted by Gasteiger charge is 2.56. The molecule has 2 fully saturated rings. The molecular weight excluding hydrogens is 322 g/mol. The van der Waals surface area contributed by atoms with Crippen LogP contribution in [0.3, 0.4) is 0 Å². The molecule has 1 saturated carbocycles. The normalized spacial score (nSPS) is 21.1. The number of carbonyl (C=O) groups is 3. The molecule has 1 aliphatic carbocycles. The maximum atomic E-state index is 12.2. The first kappa shape index (κ1) is 17.3. The van der Waals surface area contributed by atoms with Crippen LogP contribution in [0.25, 0.3) is 0 Å². The van der Waals surface area contributed by atoms with Gasteiger partial charge >= 0.3 is 0 Å². The fourth-order valence-corrected chi connectivity index (χ4v) is 3.18. The molecule has 1 aromatic carbocycles. The minimum atomic E-state index is -1.04. The van der Waals surface area contributed by atoms with Crippen molar-refractivity contribution in [3.8, 4) is 5.75 Å². The monoisotopic (exact) mass is 345 g/mol. The van der Waals surface area contributed by atoms with E-state index in [0.29, 0.717) is 25.9 Å². The molecular formula is C18H23N3O4. The van der Waals surface area contributed by atoms with E-state index in [0.717, 1.165) is 17.7 Å². The second-order valence-corrected chi connectivity index (χ2v) is 6.76. The maximum Gasteiger partial charge on any atom is 0.235 e. The third kappa shape index (κ3) is 3.60. The molecule has 0 aromatic heterocycles. The molecule has 1 aliphatic heterocycles. The molecule has 1 heterocycles. The number of rotatable bonds is 7. The Morgan fingerprint density at radius 2 is 2.00 bits per heavy atom. The number of hydrogen-bond acceptors (Lipinski definition) is 4. The molecule has 0 bridgehead atoms. The predicted octanol–water partition coefficient (Wildman–Crippen LogP) is 0.220. The van der Waals surface area contributed by atoms with Crippen LogP contribution in [0, 0.1) is 5.41 Å². The highest BCUT2D eigenvalue weighted by Crippen LogP contribution is 2.45. The Morgan fingerprint density at radius 3 is 2.56 bits per heavy atom. The third-order valence-corrected chi connectivity index (χ3v) is 5.04. The zero-order chi connectivity index (χ0) is 18.0. The predicted molar refractivity (Wildman–Crippen MR) is 90.7 cm³/mol. The summed E-state index contributed by atoms with van der Waals surface area (Å²) in [4.78, 5) is 37.5. The molecule has 7 nitrogen and oxygen atoms in total. The lowest BCUT2D eigenvalue weighted by Gasteiger charge is -2.18. The van der Waals surface area contributed by atoms with Gasteiger partial charge in [0, 0.05) is 19.5 Å². The third-order valence-electron chi connectivity index (χ3n) is 5.04. The van der Waals surface area contributed by atoms with E-state index in [1.165, 1.54) is 0 Å². The summed E-state index contributed by atoms with van der Waals surface area (Å²) in [5.41, 5.74) is 5.38. The van der Waals surface area contributed by atoms with Gasteiger partial charge in [-0.2, -0.15) is 0 Å². The first-order chi connectivity index (χ1) is 11.9. The van der Waals surface area contributed by atoms with Crippen molar-refractivity contribution in [2.24, 2.45) is 11.1 Å². The van der Waals surface area contributed by atoms with Crippen LogP contribution in [0.15, 0.2) is 24.3 Å². The Bertz CT molecular complexity index is 682. The first-order valence-corrected chi connectivity index (χ1v) is 8.46. The van der Waals surface area contributed by atoms with Crippen LogP contribution in [0.2, 0.25) is 0 Å². The van der Waals surface area contributed by atoms with Crippen LogP contribution < -0.4 is 15.8 Å². The fraction of sp³-hybridized carbons (Fsp3) is 0.500. The number of hydrogen-bond donors (Lipinski definition) is 2. The van der Waals surface area contributed by atoms with E-state index in [4.69, 9.17) is 10.5 Å². The van der Waals surface area contributed by atoms with E-state index < -0.39 is 11.3 Å². The van der Waals surface area contributed by atoms with Crippen LogP contribution in [-0.2, 0) is 20.8 Å². The van der Waals surface area contributed by atoms with Crippen LogP contribution >= 0.6 is 0 Å². The zero-order valence-electron chi connectivity index (χ0n) is 14.3. The Morgan fingerprint density at radius 1 is 1.32 bits per heavy atom. The molecule has 2 aliphatic rings. The smallest absolute Gasteiger partial charge is 0.235 e. The number of ether oxygens (including phenoxy) is 1. The number of likely N-dealkylation sites (tertiary alicyclic amines) is 1. The van der Waals surface area contributed by atoms with Crippen molar-refractivity contribution in [1.29, 1.82) is 0 Å². The molecule has 0 radical (unpaired) electrons. The van der Waals surface area contributed by atoms with Crippen molar-refractivity contribution in [3.05, 3.63) is 29.8 Å². The number of nitrogens with two attached hydrogens (primary N) is 1. The van der Waals surface area contributed by atoms with Crippen molar-refractivity contribution < 1.29 is 19.1 Å². The summed E-state index contributed by atoms with van der Waals surface area (Å²) >= 11 is 0. The van der Waals surface area contributed by atoms with E-state index in [1.807, 2.05) is 24.3 Å². The summed E-state index contributed by atoms with van der Waals surface area (Å²) in [5.74, 6) is -0.101. The summed E-state index contributed by atoms with van der Waals surface area (Å²) in [5, 5.41) is 2.82. The molecule has 3 N–H and O–H groups in total. The van der Waals surface area contributed by atoms with Gasteiger partial charge in [0.2, 0.25) is 17.7 Å². The van der Waals surface area contributed by atoms with Crippen molar-refractivity contribution in [1.82, 2.24) is 10.2 Å². The van der Waals surface area contributed by atoms with Gasteiger partial charge in [-0.15, -0.1) is 0 Å². The number of amides is 3. The van der Waals surface area contributed by atoms with Gasteiger partial charge < -0.3 is 20.7 Å². The lowest BCUT2D eigenvalue weighted by molar-refractivity contribution is -0.135. The van der Waals surface area contributed by atoms with Crippen LogP contribution in [-0.4, -0.2) is 48.9 Å². The second-order valence-electron chi connectivity index (χ2n) is 6.76. The largest absolute Gasteiger partial charge is 0.497 e. The summed E-state index contributed by atoms with van der Waals surface area (Å²) < 4.78 is 5.13. The Labute approximate surface area is 146 Å². The number of benzene rings is 1. The van der Waals surface area contributed by atoms with Crippen molar-refractivity contribution >= 4 is 17.7 Å². The van der Waals surface area contributed by atoms with Gasteiger partial charge in [0.05, 0.1) is 13.2 Å². The molecule has 25 heavy (non-hydrogen) atoms. The van der Waals surface area contributed by atoms with Gasteiger partial charge in [-0.1, -0.05) is 12.1 Å².